The molecule has 1 unspecified atom stereocenters. The van der Waals surface area contributed by atoms with Crippen LogP contribution in [0.4, 0.5) is 0 Å². The van der Waals surface area contributed by atoms with Gasteiger partial charge in [-0.2, -0.15) is 0 Å². The molecule has 106 valence electrons. The van der Waals surface area contributed by atoms with Crippen molar-refractivity contribution < 1.29 is 0 Å². The van der Waals surface area contributed by atoms with Crippen molar-refractivity contribution in [2.75, 3.05) is 39.3 Å². The molecule has 2 fully saturated rings. The van der Waals surface area contributed by atoms with E-state index < -0.39 is 0 Å². The molecule has 0 radical (unpaired) electrons. The fourth-order valence-electron chi connectivity index (χ4n) is 2.88. The Balaban J connectivity index is 1.68. The molecule has 1 saturated carbocycles. The van der Waals surface area contributed by atoms with E-state index in [1.807, 2.05) is 0 Å². The number of nitrogens with zero attached hydrogens (tertiary/aromatic N) is 2. The molecule has 2 aliphatic rings. The smallest absolute Gasteiger partial charge is 0.0219 e. The first-order valence-corrected chi connectivity index (χ1v) is 7.88. The molecule has 0 aromatic rings. The van der Waals surface area contributed by atoms with Crippen LogP contribution < -0.4 is 5.32 Å². The molecule has 1 atom stereocenters. The van der Waals surface area contributed by atoms with Crippen molar-refractivity contribution >= 4 is 0 Å². The summed E-state index contributed by atoms with van der Waals surface area (Å²) in [7, 11) is 0. The molecule has 0 spiro atoms. The van der Waals surface area contributed by atoms with E-state index in [4.69, 9.17) is 0 Å². The van der Waals surface area contributed by atoms with Gasteiger partial charge in [0.25, 0.3) is 0 Å². The lowest BCUT2D eigenvalue weighted by Gasteiger charge is -2.39. The lowest BCUT2D eigenvalue weighted by molar-refractivity contribution is 0.0898. The molecule has 1 N–H and O–H groups in total. The Hall–Kier alpha value is -0.120. The fraction of sp³-hybridized carbons (Fsp3) is 1.00. The normalized spacial score (nSPS) is 24.7. The van der Waals surface area contributed by atoms with Gasteiger partial charge in [0.15, 0.2) is 0 Å². The monoisotopic (exact) mass is 253 g/mol. The van der Waals surface area contributed by atoms with Crippen molar-refractivity contribution in [3.8, 4) is 0 Å². The number of hydrogen-bond acceptors (Lipinski definition) is 3. The largest absolute Gasteiger partial charge is 0.313 e. The van der Waals surface area contributed by atoms with Crippen molar-refractivity contribution in [2.45, 2.75) is 52.1 Å². The molecule has 18 heavy (non-hydrogen) atoms. The SMILES string of the molecule is CCC(CNC(C)C)N1CCN(CC2CC2)CC1. The zero-order valence-electron chi connectivity index (χ0n) is 12.5. The second kappa shape index (κ2) is 6.88. The number of hydrogen-bond donors (Lipinski definition) is 1. The van der Waals surface area contributed by atoms with Gasteiger partial charge in [-0.05, 0) is 25.2 Å². The predicted molar refractivity (Wildman–Crippen MR) is 78.0 cm³/mol. The maximum absolute atomic E-state index is 3.59. The minimum Gasteiger partial charge on any atom is -0.313 e. The van der Waals surface area contributed by atoms with E-state index in [9.17, 15) is 0 Å². The Labute approximate surface area is 113 Å². The van der Waals surface area contributed by atoms with Crippen molar-refractivity contribution in [1.82, 2.24) is 15.1 Å². The molecule has 2 rings (SSSR count). The highest BCUT2D eigenvalue weighted by Crippen LogP contribution is 2.30. The van der Waals surface area contributed by atoms with Crippen LogP contribution in [0.5, 0.6) is 0 Å². The molecular weight excluding hydrogens is 222 g/mol. The average Bonchev–Trinajstić information content (AvgIpc) is 3.15. The minimum absolute atomic E-state index is 0.607. The van der Waals surface area contributed by atoms with Crippen molar-refractivity contribution in [3.05, 3.63) is 0 Å². The second-order valence-corrected chi connectivity index (χ2v) is 6.40. The maximum atomic E-state index is 3.59. The van der Waals surface area contributed by atoms with Crippen LogP contribution >= 0.6 is 0 Å². The summed E-state index contributed by atoms with van der Waals surface area (Å²) in [4.78, 5) is 5.37. The molecule has 3 heteroatoms. The van der Waals surface area contributed by atoms with Crippen LogP contribution in [0.15, 0.2) is 0 Å². The Morgan fingerprint density at radius 1 is 1.11 bits per heavy atom. The highest BCUT2D eigenvalue weighted by atomic mass is 15.3. The van der Waals surface area contributed by atoms with Crippen molar-refractivity contribution in [3.63, 3.8) is 0 Å². The van der Waals surface area contributed by atoms with Gasteiger partial charge in [-0.3, -0.25) is 4.90 Å². The van der Waals surface area contributed by atoms with E-state index in [1.165, 1.54) is 52.0 Å². The third kappa shape index (κ3) is 4.52. The van der Waals surface area contributed by atoms with E-state index in [-0.39, 0.29) is 0 Å². The highest BCUT2D eigenvalue weighted by molar-refractivity contribution is 4.83. The number of nitrogens with one attached hydrogen (secondary N) is 1. The summed E-state index contributed by atoms with van der Waals surface area (Å²) in [5, 5.41) is 3.59. The Kier molecular flexibility index (Phi) is 5.46. The molecule has 0 amide bonds. The Bertz CT molecular complexity index is 230. The average molecular weight is 253 g/mol. The summed E-state index contributed by atoms with van der Waals surface area (Å²) in [6.07, 6.45) is 4.23. The summed E-state index contributed by atoms with van der Waals surface area (Å²) >= 11 is 0. The molecule has 1 aliphatic heterocycles. The van der Waals surface area contributed by atoms with Gasteiger partial charge in [0, 0.05) is 51.4 Å². The fourth-order valence-corrected chi connectivity index (χ4v) is 2.88. The Morgan fingerprint density at radius 3 is 2.28 bits per heavy atom. The van der Waals surface area contributed by atoms with Gasteiger partial charge < -0.3 is 10.2 Å². The van der Waals surface area contributed by atoms with E-state index in [1.54, 1.807) is 0 Å². The van der Waals surface area contributed by atoms with E-state index in [0.29, 0.717) is 6.04 Å². The van der Waals surface area contributed by atoms with Gasteiger partial charge in [-0.15, -0.1) is 0 Å². The lowest BCUT2D eigenvalue weighted by atomic mass is 10.1. The summed E-state index contributed by atoms with van der Waals surface area (Å²) in [5.41, 5.74) is 0. The number of rotatable bonds is 7. The molecule has 0 bridgehead atoms. The maximum Gasteiger partial charge on any atom is 0.0219 e. The van der Waals surface area contributed by atoms with Gasteiger partial charge >= 0.3 is 0 Å². The van der Waals surface area contributed by atoms with Crippen LogP contribution in [-0.2, 0) is 0 Å². The van der Waals surface area contributed by atoms with Crippen molar-refractivity contribution in [1.29, 1.82) is 0 Å². The van der Waals surface area contributed by atoms with Gasteiger partial charge in [0.2, 0.25) is 0 Å². The summed E-state index contributed by atoms with van der Waals surface area (Å²) in [6, 6.07) is 1.34. The van der Waals surface area contributed by atoms with Gasteiger partial charge in [0.1, 0.15) is 0 Å². The first-order valence-electron chi connectivity index (χ1n) is 7.88. The summed E-state index contributed by atoms with van der Waals surface area (Å²) in [5.74, 6) is 1.04. The van der Waals surface area contributed by atoms with Gasteiger partial charge in [-0.25, -0.2) is 0 Å². The predicted octanol–water partition coefficient (Wildman–Crippen LogP) is 1.79. The zero-order valence-corrected chi connectivity index (χ0v) is 12.5. The lowest BCUT2D eigenvalue weighted by Crippen LogP contribution is -2.53. The quantitative estimate of drug-likeness (QED) is 0.746. The van der Waals surface area contributed by atoms with Crippen LogP contribution in [0.3, 0.4) is 0 Å². The van der Waals surface area contributed by atoms with Crippen LogP contribution in [0, 0.1) is 5.92 Å². The minimum atomic E-state index is 0.607. The van der Waals surface area contributed by atoms with Crippen LogP contribution in [-0.4, -0.2) is 61.2 Å². The van der Waals surface area contributed by atoms with Gasteiger partial charge in [-0.1, -0.05) is 20.8 Å². The van der Waals surface area contributed by atoms with Crippen LogP contribution in [0.1, 0.15) is 40.0 Å². The van der Waals surface area contributed by atoms with Gasteiger partial charge in [0.05, 0.1) is 0 Å². The van der Waals surface area contributed by atoms with E-state index in [0.717, 1.165) is 18.5 Å². The molecule has 3 nitrogen and oxygen atoms in total. The molecule has 1 heterocycles. The first kappa shape index (κ1) is 14.3. The topological polar surface area (TPSA) is 18.5 Å². The Morgan fingerprint density at radius 2 is 1.78 bits per heavy atom. The van der Waals surface area contributed by atoms with Crippen LogP contribution in [0.2, 0.25) is 0 Å². The van der Waals surface area contributed by atoms with Crippen molar-refractivity contribution in [2.24, 2.45) is 5.92 Å². The first-order chi connectivity index (χ1) is 8.69. The molecule has 0 aromatic carbocycles. The molecule has 1 aliphatic carbocycles. The highest BCUT2D eigenvalue weighted by Gasteiger charge is 2.27. The molecule has 0 aromatic heterocycles. The van der Waals surface area contributed by atoms with E-state index >= 15 is 0 Å². The third-order valence-corrected chi connectivity index (χ3v) is 4.37. The summed E-state index contributed by atoms with van der Waals surface area (Å²) < 4.78 is 0. The summed E-state index contributed by atoms with van der Waals surface area (Å²) in [6.45, 7) is 14.4. The van der Waals surface area contributed by atoms with Crippen LogP contribution in [0.25, 0.3) is 0 Å². The standard InChI is InChI=1S/C15H31N3/c1-4-15(11-16-13(2)3)18-9-7-17(8-10-18)12-14-5-6-14/h13-16H,4-12H2,1-3H3. The third-order valence-electron chi connectivity index (χ3n) is 4.37. The van der Waals surface area contributed by atoms with E-state index in [2.05, 4.69) is 35.9 Å². The number of piperazine rings is 1. The molecular formula is C15H31N3. The second-order valence-electron chi connectivity index (χ2n) is 6.40. The zero-order chi connectivity index (χ0) is 13.0. The molecule has 1 saturated heterocycles.